The molecule has 1 aliphatic carbocycles. The average molecular weight is 1830 g/mol. The number of carbonyl (C=O) groups excluding carboxylic acids is 1. The number of allylic oxidation sites excluding steroid dienone is 4. The summed E-state index contributed by atoms with van der Waals surface area (Å²) < 4.78 is 20.4. The van der Waals surface area contributed by atoms with Gasteiger partial charge in [-0.25, -0.2) is 9.97 Å². The number of benzene rings is 2. The molecule has 5 aromatic rings. The molecule has 0 fully saturated rings. The van der Waals surface area contributed by atoms with Gasteiger partial charge in [0.05, 0.1) is 42.3 Å². The van der Waals surface area contributed by atoms with E-state index in [9.17, 15) is 9.65 Å². The minimum atomic E-state index is -1.00. The molecule has 0 atom stereocenters. The maximum absolute atomic E-state index is 9.96. The summed E-state index contributed by atoms with van der Waals surface area (Å²) in [7, 11) is -1.00. The zero-order valence-electron chi connectivity index (χ0n) is 33.8. The smallest absolute Gasteiger partial charge is 1.00 e. The summed E-state index contributed by atoms with van der Waals surface area (Å²) in [5.41, 5.74) is 7.46. The average Bonchev–Trinajstić information content (AvgIpc) is 3.99. The molecule has 6 rings (SSSR count). The molecular formula is C35H28Br2Cl5FI6K2N5O3S2-. The van der Waals surface area contributed by atoms with Crippen LogP contribution in [0.1, 0.15) is 42.7 Å². The van der Waals surface area contributed by atoms with E-state index in [0.29, 0.717) is 50.2 Å². The Labute approximate surface area is 563 Å². The Morgan fingerprint density at radius 3 is 1.74 bits per heavy atom. The minimum Gasteiger partial charge on any atom is -1.00 e. The number of nitrogens with zero attached hydrogens (tertiary/aromatic N) is 5. The summed E-state index contributed by atoms with van der Waals surface area (Å²) in [6, 6.07) is 19.6. The van der Waals surface area contributed by atoms with Crippen LogP contribution >= 0.6 is 211 Å². The van der Waals surface area contributed by atoms with E-state index in [1.165, 1.54) is 28.2 Å². The number of hydrogen-bond donors (Lipinski definition) is 0. The van der Waals surface area contributed by atoms with Crippen molar-refractivity contribution in [3.63, 3.8) is 0 Å². The third-order valence-corrected chi connectivity index (χ3v) is 12.1. The number of hydrogen-bond acceptors (Lipinski definition) is 9. The quantitative estimate of drug-likeness (QED) is 0.0432. The van der Waals surface area contributed by atoms with E-state index in [-0.39, 0.29) is 135 Å². The predicted molar refractivity (Wildman–Crippen MR) is 292 cm³/mol. The van der Waals surface area contributed by atoms with Crippen molar-refractivity contribution in [3.8, 4) is 23.4 Å². The van der Waals surface area contributed by atoms with Crippen molar-refractivity contribution in [3.05, 3.63) is 127 Å². The summed E-state index contributed by atoms with van der Waals surface area (Å²) >= 11 is 48.1. The van der Waals surface area contributed by atoms with Crippen molar-refractivity contribution < 1.29 is 138 Å². The molecular weight excluding hydrogens is 1800 g/mol. The third kappa shape index (κ3) is 26.8. The molecule has 2 aromatic carbocycles. The zero-order valence-corrected chi connectivity index (χ0v) is 59.7. The molecule has 1 aliphatic rings. The minimum absolute atomic E-state index is 0. The van der Waals surface area contributed by atoms with E-state index in [2.05, 4.69) is 138 Å². The van der Waals surface area contributed by atoms with Gasteiger partial charge in [0.15, 0.2) is 8.93 Å². The Balaban J connectivity index is -0.000000245. The molecule has 324 valence electrons. The Morgan fingerprint density at radius 2 is 1.39 bits per heavy atom. The van der Waals surface area contributed by atoms with E-state index >= 15 is 0 Å². The number of nitriles is 2. The first kappa shape index (κ1) is 70.1. The van der Waals surface area contributed by atoms with E-state index < -0.39 is 7.15 Å². The Hall–Kier alpha value is 4.86. The molecule has 0 radical (unpaired) electrons. The second kappa shape index (κ2) is 43.6. The summed E-state index contributed by atoms with van der Waals surface area (Å²) in [6.07, 6.45) is 4.27. The van der Waals surface area contributed by atoms with Crippen LogP contribution in [0.15, 0.2) is 81.0 Å². The van der Waals surface area contributed by atoms with E-state index in [1.54, 1.807) is 12.4 Å². The Morgan fingerprint density at radius 1 is 0.967 bits per heavy atom. The van der Waals surface area contributed by atoms with Crippen LogP contribution in [0.4, 0.5) is 4.39 Å². The van der Waals surface area contributed by atoms with Crippen LogP contribution in [-0.2, 0) is 22.1 Å². The van der Waals surface area contributed by atoms with Gasteiger partial charge in [0.2, 0.25) is 0 Å². The Kier molecular flexibility index (Phi) is 50.2. The van der Waals surface area contributed by atoms with Gasteiger partial charge in [-0.1, -0.05) is 76.2 Å². The van der Waals surface area contributed by atoms with Crippen molar-refractivity contribution in [1.82, 2.24) is 14.5 Å². The topological polar surface area (TPSA) is 128 Å². The fraction of sp³-hybridized carbons (Fsp3) is 0.171. The van der Waals surface area contributed by atoms with Crippen LogP contribution in [-0.4, -0.2) is 28.2 Å². The SMILES string of the molecule is CC1=C(Br)C(C#N)=C(c2ccc(Cl)cc2)C1.Cc1c(Br)c(C#N)c(-c2ccc(Cl)cc2)n1Cc1cnc(Cl)s1.ClCc1cnc(Cl)s1.I.II.I[I-]I.O=CO[O-].[2H]CF.[H-].[K+].[K+]. The number of aromatic nitrogens is 3. The van der Waals surface area contributed by atoms with Crippen molar-refractivity contribution in [2.45, 2.75) is 32.7 Å². The summed E-state index contributed by atoms with van der Waals surface area (Å²) in [5.74, 6) is 0.504. The monoisotopic (exact) mass is 1820 g/mol. The fourth-order valence-electron chi connectivity index (χ4n) is 4.56. The molecule has 0 N–H and O–H groups in total. The predicted octanol–water partition coefficient (Wildman–Crippen LogP) is 7.44. The van der Waals surface area contributed by atoms with Gasteiger partial charge in [-0.2, -0.15) is 10.5 Å². The number of alkyl halides is 2. The first-order chi connectivity index (χ1) is 28.2. The Bertz CT molecular complexity index is 2210. The molecule has 3 heterocycles. The maximum Gasteiger partial charge on any atom is 1.00 e. The maximum atomic E-state index is 9.96. The molecule has 61 heavy (non-hydrogen) atoms. The van der Waals surface area contributed by atoms with Crippen LogP contribution in [0.5, 0.6) is 0 Å². The van der Waals surface area contributed by atoms with Crippen LogP contribution in [0, 0.1) is 29.6 Å². The van der Waals surface area contributed by atoms with Gasteiger partial charge in [-0.3, -0.25) is 9.18 Å². The number of halogens is 14. The molecule has 0 aliphatic heterocycles. The molecule has 0 bridgehead atoms. The first-order valence-corrected chi connectivity index (χ1v) is 39.0. The summed E-state index contributed by atoms with van der Waals surface area (Å²) in [4.78, 5) is 21.2. The standard InChI is InChI=1S/C16H10BrCl2N3S.C13H9BrClN.C4H3Cl2NS.CH3F.CH2O3.I3.I2.HI.2K.H/c1-9-14(17)13(6-20)15(10-2-4-11(18)5-3-10)22(9)8-12-7-21-16(19)23-12;1-8-6-11(12(7-16)13(8)14)9-2-4-10(15)5-3-9;5-1-3-2-7-4(6)8-3;1-2;2-1-4-3;1-3-2;1-2;;;;/h2-5,7H,8H2,1H3;2-5H,6H2,1H3;2H,1H2;1H3;1,3H;;;1H;;;/q;;;;;-1;;;2*+1;-1/p-1/i;;;1D;;;;;;;. The second-order valence-electron chi connectivity index (χ2n) is 10.1. The van der Waals surface area contributed by atoms with Gasteiger partial charge in [0.25, 0.3) is 6.47 Å². The number of thiazole rings is 2. The third-order valence-electron chi connectivity index (χ3n) is 6.86. The van der Waals surface area contributed by atoms with Gasteiger partial charge in [-0.15, -0.1) is 58.3 Å². The zero-order chi connectivity index (χ0) is 45.1. The molecule has 0 saturated carbocycles. The van der Waals surface area contributed by atoms with Crippen LogP contribution in [0.3, 0.4) is 0 Å². The van der Waals surface area contributed by atoms with E-state index in [1.807, 2.05) is 62.4 Å². The van der Waals surface area contributed by atoms with Gasteiger partial charge in [-0.05, 0) is 93.1 Å². The summed E-state index contributed by atoms with van der Waals surface area (Å²) in [6.45, 7) is 4.44. The molecule has 26 heteroatoms. The van der Waals surface area contributed by atoms with Crippen molar-refractivity contribution in [2.75, 3.05) is 7.15 Å². The van der Waals surface area contributed by atoms with Gasteiger partial charge in [0.1, 0.15) is 12.1 Å². The van der Waals surface area contributed by atoms with Crippen LogP contribution in [0.25, 0.3) is 16.8 Å². The van der Waals surface area contributed by atoms with E-state index in [0.717, 1.165) is 58.8 Å². The second-order valence-corrected chi connectivity index (χ2v) is 32.5. The van der Waals surface area contributed by atoms with Gasteiger partial charge >= 0.3 is 153 Å². The van der Waals surface area contributed by atoms with Crippen LogP contribution in [0.2, 0.25) is 19.0 Å². The molecule has 0 unspecified atom stereocenters. The largest absolute Gasteiger partial charge is 1.00 e. The van der Waals surface area contributed by atoms with Crippen molar-refractivity contribution in [1.29, 1.82) is 10.5 Å². The normalized spacial score (nSPS) is 10.5. The van der Waals surface area contributed by atoms with E-state index in [4.69, 9.17) is 74.7 Å². The molecule has 0 spiro atoms. The van der Waals surface area contributed by atoms with Gasteiger partial charge in [0, 0.05) is 79.6 Å². The van der Waals surface area contributed by atoms with Crippen LogP contribution < -0.4 is 121 Å². The van der Waals surface area contributed by atoms with Crippen molar-refractivity contribution >= 4 is 223 Å². The molecule has 0 saturated heterocycles. The molecule has 8 nitrogen and oxygen atoms in total. The number of carbonyl (C=O) groups is 1. The van der Waals surface area contributed by atoms with Gasteiger partial charge < -0.3 is 16.1 Å². The van der Waals surface area contributed by atoms with Crippen molar-refractivity contribution in [2.24, 2.45) is 0 Å². The molecule has 0 amide bonds. The molecule has 3 aromatic heterocycles. The fourth-order valence-corrected chi connectivity index (χ4v) is 7.80. The summed E-state index contributed by atoms with van der Waals surface area (Å²) in [5, 5.41) is 28.5. The number of rotatable bonds is 6. The first-order valence-electron chi connectivity index (χ1n) is 15.6.